The summed E-state index contributed by atoms with van der Waals surface area (Å²) >= 11 is 7.14. The smallest absolute Gasteiger partial charge is 0.148 e. The summed E-state index contributed by atoms with van der Waals surface area (Å²) in [7, 11) is 0. The topological polar surface area (TPSA) is 34.1 Å². The SMILES string of the molecule is CC(C)Oc1c(Br)cc(CNCc2cccnc2)cc1Br. The molecule has 1 aromatic carbocycles. The van der Waals surface area contributed by atoms with Gasteiger partial charge in [0, 0.05) is 25.5 Å². The van der Waals surface area contributed by atoms with Crippen molar-refractivity contribution in [1.29, 1.82) is 0 Å². The van der Waals surface area contributed by atoms with Crippen LogP contribution in [-0.4, -0.2) is 11.1 Å². The Bertz CT molecular complexity index is 565. The van der Waals surface area contributed by atoms with Gasteiger partial charge in [0.15, 0.2) is 0 Å². The molecule has 0 bridgehead atoms. The predicted octanol–water partition coefficient (Wildman–Crippen LogP) is 4.68. The lowest BCUT2D eigenvalue weighted by Gasteiger charge is -2.15. The molecule has 0 spiro atoms. The van der Waals surface area contributed by atoms with E-state index in [9.17, 15) is 0 Å². The van der Waals surface area contributed by atoms with Crippen molar-refractivity contribution in [2.75, 3.05) is 0 Å². The van der Waals surface area contributed by atoms with E-state index in [1.165, 1.54) is 11.1 Å². The maximum atomic E-state index is 5.78. The lowest BCUT2D eigenvalue weighted by molar-refractivity contribution is 0.239. The van der Waals surface area contributed by atoms with Crippen molar-refractivity contribution in [2.24, 2.45) is 0 Å². The average molecular weight is 414 g/mol. The highest BCUT2D eigenvalue weighted by Gasteiger charge is 2.10. The Labute approximate surface area is 142 Å². The minimum Gasteiger partial charge on any atom is -0.489 e. The molecule has 21 heavy (non-hydrogen) atoms. The van der Waals surface area contributed by atoms with E-state index in [4.69, 9.17) is 4.74 Å². The first kappa shape index (κ1) is 16.5. The highest BCUT2D eigenvalue weighted by Crippen LogP contribution is 2.35. The summed E-state index contributed by atoms with van der Waals surface area (Å²) < 4.78 is 7.71. The van der Waals surface area contributed by atoms with Crippen LogP contribution in [0.1, 0.15) is 25.0 Å². The summed E-state index contributed by atoms with van der Waals surface area (Å²) in [5.74, 6) is 0.848. The van der Waals surface area contributed by atoms with Gasteiger partial charge in [-0.25, -0.2) is 0 Å². The normalized spacial score (nSPS) is 10.9. The Balaban J connectivity index is 1.98. The van der Waals surface area contributed by atoms with E-state index in [0.717, 1.165) is 27.8 Å². The zero-order valence-electron chi connectivity index (χ0n) is 12.1. The van der Waals surface area contributed by atoms with E-state index in [1.807, 2.05) is 26.1 Å². The van der Waals surface area contributed by atoms with Crippen LogP contribution in [0.2, 0.25) is 0 Å². The van der Waals surface area contributed by atoms with Gasteiger partial charge in [-0.3, -0.25) is 4.98 Å². The van der Waals surface area contributed by atoms with Gasteiger partial charge < -0.3 is 10.1 Å². The zero-order valence-corrected chi connectivity index (χ0v) is 15.2. The van der Waals surface area contributed by atoms with Crippen LogP contribution in [0.15, 0.2) is 45.6 Å². The summed E-state index contributed by atoms with van der Waals surface area (Å²) in [6.07, 6.45) is 3.80. The van der Waals surface area contributed by atoms with Crippen molar-refractivity contribution in [2.45, 2.75) is 33.0 Å². The third-order valence-corrected chi connectivity index (χ3v) is 3.97. The number of hydrogen-bond acceptors (Lipinski definition) is 3. The molecule has 1 heterocycles. The van der Waals surface area contributed by atoms with Crippen molar-refractivity contribution in [1.82, 2.24) is 10.3 Å². The molecule has 0 unspecified atom stereocenters. The van der Waals surface area contributed by atoms with Crippen LogP contribution in [0.25, 0.3) is 0 Å². The summed E-state index contributed by atoms with van der Waals surface area (Å²) in [6.45, 7) is 5.62. The Hall–Kier alpha value is -0.910. The van der Waals surface area contributed by atoms with Crippen LogP contribution >= 0.6 is 31.9 Å². The minimum atomic E-state index is 0.146. The van der Waals surface area contributed by atoms with Crippen LogP contribution in [0, 0.1) is 0 Å². The third kappa shape index (κ3) is 5.09. The monoisotopic (exact) mass is 412 g/mol. The molecule has 0 aliphatic carbocycles. The van der Waals surface area contributed by atoms with Crippen LogP contribution in [0.4, 0.5) is 0 Å². The second-order valence-corrected chi connectivity index (χ2v) is 6.73. The number of pyridine rings is 1. The van der Waals surface area contributed by atoms with Gasteiger partial charge in [-0.15, -0.1) is 0 Å². The summed E-state index contributed by atoms with van der Waals surface area (Å²) in [5, 5.41) is 3.41. The number of aromatic nitrogens is 1. The number of benzene rings is 1. The largest absolute Gasteiger partial charge is 0.489 e. The highest BCUT2D eigenvalue weighted by atomic mass is 79.9. The molecule has 2 rings (SSSR count). The third-order valence-electron chi connectivity index (χ3n) is 2.79. The van der Waals surface area contributed by atoms with Gasteiger partial charge in [0.05, 0.1) is 15.0 Å². The van der Waals surface area contributed by atoms with Gasteiger partial charge in [-0.2, -0.15) is 0 Å². The van der Waals surface area contributed by atoms with E-state index in [1.54, 1.807) is 6.20 Å². The molecule has 5 heteroatoms. The Kier molecular flexibility index (Phi) is 6.21. The molecule has 0 saturated carbocycles. The molecule has 2 aromatic rings. The minimum absolute atomic E-state index is 0.146. The maximum Gasteiger partial charge on any atom is 0.148 e. The number of ether oxygens (including phenoxy) is 1. The molecule has 0 amide bonds. The summed E-state index contributed by atoms with van der Waals surface area (Å²) in [6, 6.07) is 8.17. The predicted molar refractivity (Wildman–Crippen MR) is 92.4 cm³/mol. The summed E-state index contributed by atoms with van der Waals surface area (Å²) in [4.78, 5) is 4.11. The lowest BCUT2D eigenvalue weighted by Crippen LogP contribution is -2.13. The van der Waals surface area contributed by atoms with Gasteiger partial charge in [0.25, 0.3) is 0 Å². The van der Waals surface area contributed by atoms with E-state index < -0.39 is 0 Å². The molecule has 1 N–H and O–H groups in total. The van der Waals surface area contributed by atoms with Gasteiger partial charge in [-0.05, 0) is 75.0 Å². The molecular formula is C16H18Br2N2O. The fourth-order valence-corrected chi connectivity index (χ4v) is 3.38. The van der Waals surface area contributed by atoms with Crippen molar-refractivity contribution in [3.05, 3.63) is 56.7 Å². The molecule has 0 aliphatic rings. The lowest BCUT2D eigenvalue weighted by atomic mass is 10.2. The first-order valence-corrected chi connectivity index (χ1v) is 8.39. The van der Waals surface area contributed by atoms with E-state index in [2.05, 4.69) is 60.4 Å². The second kappa shape index (κ2) is 7.92. The molecule has 0 atom stereocenters. The molecular weight excluding hydrogens is 396 g/mol. The van der Waals surface area contributed by atoms with Crippen molar-refractivity contribution >= 4 is 31.9 Å². The fourth-order valence-electron chi connectivity index (χ4n) is 1.92. The number of rotatable bonds is 6. The molecule has 1 aromatic heterocycles. The molecule has 3 nitrogen and oxygen atoms in total. The van der Waals surface area contributed by atoms with Gasteiger partial charge in [0.1, 0.15) is 5.75 Å². The van der Waals surface area contributed by atoms with Crippen molar-refractivity contribution in [3.63, 3.8) is 0 Å². The Morgan fingerprint density at radius 1 is 1.14 bits per heavy atom. The number of hydrogen-bond donors (Lipinski definition) is 1. The van der Waals surface area contributed by atoms with Crippen LogP contribution < -0.4 is 10.1 Å². The van der Waals surface area contributed by atoms with Crippen molar-refractivity contribution in [3.8, 4) is 5.75 Å². The molecule has 0 aliphatic heterocycles. The molecule has 112 valence electrons. The van der Waals surface area contributed by atoms with Crippen LogP contribution in [0.3, 0.4) is 0 Å². The first-order chi connectivity index (χ1) is 10.1. The quantitative estimate of drug-likeness (QED) is 0.746. The first-order valence-electron chi connectivity index (χ1n) is 6.80. The second-order valence-electron chi connectivity index (χ2n) is 5.02. The Morgan fingerprint density at radius 2 is 1.81 bits per heavy atom. The maximum absolute atomic E-state index is 5.78. The summed E-state index contributed by atoms with van der Waals surface area (Å²) in [5.41, 5.74) is 2.36. The molecule has 0 saturated heterocycles. The van der Waals surface area contributed by atoms with Crippen molar-refractivity contribution < 1.29 is 4.74 Å². The molecule has 0 fully saturated rings. The number of halogens is 2. The molecule has 0 radical (unpaired) electrons. The van der Waals surface area contributed by atoms with E-state index >= 15 is 0 Å². The fraction of sp³-hybridized carbons (Fsp3) is 0.312. The van der Waals surface area contributed by atoms with Gasteiger partial charge in [-0.1, -0.05) is 6.07 Å². The number of nitrogens with zero attached hydrogens (tertiary/aromatic N) is 1. The van der Waals surface area contributed by atoms with E-state index in [-0.39, 0.29) is 6.10 Å². The number of nitrogens with one attached hydrogen (secondary N) is 1. The van der Waals surface area contributed by atoms with Crippen LogP contribution in [0.5, 0.6) is 5.75 Å². The Morgan fingerprint density at radius 3 is 2.38 bits per heavy atom. The van der Waals surface area contributed by atoms with E-state index in [0.29, 0.717) is 0 Å². The highest BCUT2D eigenvalue weighted by molar-refractivity contribution is 9.11. The van der Waals surface area contributed by atoms with Gasteiger partial charge >= 0.3 is 0 Å². The zero-order chi connectivity index (χ0) is 15.2. The van der Waals surface area contributed by atoms with Gasteiger partial charge in [0.2, 0.25) is 0 Å². The van der Waals surface area contributed by atoms with Crippen LogP contribution in [-0.2, 0) is 13.1 Å². The average Bonchev–Trinajstić information content (AvgIpc) is 2.44. The standard InChI is InChI=1S/C16H18Br2N2O/c1-11(2)21-16-14(17)6-13(7-15(16)18)10-20-9-12-4-3-5-19-8-12/h3-8,11,20H,9-10H2,1-2H3.